The van der Waals surface area contributed by atoms with Crippen LogP contribution < -0.4 is 5.32 Å². The molecule has 0 aromatic carbocycles. The largest absolute Gasteiger partial charge is 0.311 e. The second-order valence-corrected chi connectivity index (χ2v) is 7.34. The van der Waals surface area contributed by atoms with E-state index in [4.69, 9.17) is 0 Å². The van der Waals surface area contributed by atoms with Crippen LogP contribution in [0.15, 0.2) is 5.38 Å². The van der Waals surface area contributed by atoms with E-state index in [2.05, 4.69) is 48.3 Å². The first-order valence-corrected chi connectivity index (χ1v) is 7.70. The number of hydrogen-bond donors (Lipinski definition) is 1. The molecule has 1 atom stereocenters. The van der Waals surface area contributed by atoms with Crippen molar-refractivity contribution in [2.75, 3.05) is 26.2 Å². The lowest BCUT2D eigenvalue weighted by Gasteiger charge is -2.40. The Balaban J connectivity index is 1.83. The van der Waals surface area contributed by atoms with Gasteiger partial charge in [-0.3, -0.25) is 0 Å². The van der Waals surface area contributed by atoms with E-state index >= 15 is 0 Å². The lowest BCUT2D eigenvalue weighted by atomic mass is 9.85. The normalized spacial score (nSPS) is 22.3. The number of aryl methyl sites for hydroxylation is 1. The maximum Gasteiger partial charge on any atom is 0.0897 e. The van der Waals surface area contributed by atoms with Gasteiger partial charge in [-0.1, -0.05) is 20.8 Å². The molecule has 1 fully saturated rings. The molecule has 0 radical (unpaired) electrons. The smallest absolute Gasteiger partial charge is 0.0897 e. The van der Waals surface area contributed by atoms with E-state index < -0.39 is 0 Å². The zero-order valence-electron chi connectivity index (χ0n) is 12.0. The van der Waals surface area contributed by atoms with Gasteiger partial charge in [0.25, 0.3) is 0 Å². The van der Waals surface area contributed by atoms with Crippen molar-refractivity contribution in [1.82, 2.24) is 15.2 Å². The Hall–Kier alpha value is -0.450. The van der Waals surface area contributed by atoms with Crippen LogP contribution in [0.4, 0.5) is 0 Å². The summed E-state index contributed by atoms with van der Waals surface area (Å²) < 4.78 is 0. The first-order valence-electron chi connectivity index (χ1n) is 6.82. The average molecular weight is 267 g/mol. The van der Waals surface area contributed by atoms with Crippen molar-refractivity contribution in [3.05, 3.63) is 16.1 Å². The Labute approximate surface area is 115 Å². The van der Waals surface area contributed by atoms with Gasteiger partial charge in [0.15, 0.2) is 0 Å². The summed E-state index contributed by atoms with van der Waals surface area (Å²) in [5.74, 6) is 0. The van der Waals surface area contributed by atoms with E-state index in [0.29, 0.717) is 11.5 Å². The summed E-state index contributed by atoms with van der Waals surface area (Å²) in [6.45, 7) is 13.6. The van der Waals surface area contributed by atoms with Gasteiger partial charge in [0.2, 0.25) is 0 Å². The fourth-order valence-electron chi connectivity index (χ4n) is 2.39. The van der Waals surface area contributed by atoms with E-state index in [0.717, 1.165) is 32.6 Å². The van der Waals surface area contributed by atoms with Crippen LogP contribution >= 0.6 is 11.3 Å². The van der Waals surface area contributed by atoms with E-state index in [1.165, 1.54) is 10.7 Å². The molecule has 0 saturated carbocycles. The topological polar surface area (TPSA) is 28.2 Å². The fourth-order valence-corrected chi connectivity index (χ4v) is 3.04. The molecule has 3 nitrogen and oxygen atoms in total. The molecule has 0 aliphatic carbocycles. The third kappa shape index (κ3) is 3.77. The molecule has 2 rings (SSSR count). The van der Waals surface area contributed by atoms with Gasteiger partial charge in [-0.15, -0.1) is 11.3 Å². The van der Waals surface area contributed by atoms with Crippen LogP contribution in [0.2, 0.25) is 0 Å². The highest BCUT2D eigenvalue weighted by molar-refractivity contribution is 7.09. The standard InChI is InChI=1S/C14H25N3S/c1-11-16-12(10-18-11)5-7-17-8-6-15-13(9-17)14(2,3)4/h10,13,15H,5-9H2,1-4H3. The molecule has 0 bridgehead atoms. The van der Waals surface area contributed by atoms with E-state index in [1.807, 2.05) is 0 Å². The fraction of sp³-hybridized carbons (Fsp3) is 0.786. The van der Waals surface area contributed by atoms with E-state index in [1.54, 1.807) is 11.3 Å². The third-order valence-electron chi connectivity index (χ3n) is 3.66. The van der Waals surface area contributed by atoms with Crippen LogP contribution in [0.5, 0.6) is 0 Å². The molecule has 0 spiro atoms. The maximum atomic E-state index is 4.54. The molecule has 4 heteroatoms. The van der Waals surface area contributed by atoms with Crippen molar-refractivity contribution in [3.63, 3.8) is 0 Å². The van der Waals surface area contributed by atoms with Gasteiger partial charge in [-0.05, 0) is 12.3 Å². The molecule has 1 saturated heterocycles. The Morgan fingerprint density at radius 1 is 1.50 bits per heavy atom. The van der Waals surface area contributed by atoms with Crippen LogP contribution in [0, 0.1) is 12.3 Å². The van der Waals surface area contributed by atoms with Crippen LogP contribution in [-0.4, -0.2) is 42.1 Å². The zero-order chi connectivity index (χ0) is 13.2. The number of hydrogen-bond acceptors (Lipinski definition) is 4. The highest BCUT2D eigenvalue weighted by atomic mass is 32.1. The van der Waals surface area contributed by atoms with Crippen LogP contribution in [0.3, 0.4) is 0 Å². The third-order valence-corrected chi connectivity index (χ3v) is 4.48. The van der Waals surface area contributed by atoms with Crippen LogP contribution in [0.1, 0.15) is 31.5 Å². The molecule has 102 valence electrons. The molecule has 0 amide bonds. The lowest BCUT2D eigenvalue weighted by Crippen LogP contribution is -2.56. The Bertz CT molecular complexity index is 381. The Morgan fingerprint density at radius 3 is 2.89 bits per heavy atom. The summed E-state index contributed by atoms with van der Waals surface area (Å²) in [6.07, 6.45) is 1.08. The molecule has 1 unspecified atom stereocenters. The quantitative estimate of drug-likeness (QED) is 0.911. The van der Waals surface area contributed by atoms with Crippen molar-refractivity contribution in [2.24, 2.45) is 5.41 Å². The molecular formula is C14H25N3S. The average Bonchev–Trinajstić information content (AvgIpc) is 2.72. The molecule has 1 aliphatic heterocycles. The molecule has 18 heavy (non-hydrogen) atoms. The van der Waals surface area contributed by atoms with E-state index in [9.17, 15) is 0 Å². The van der Waals surface area contributed by atoms with Crippen LogP contribution in [-0.2, 0) is 6.42 Å². The van der Waals surface area contributed by atoms with Gasteiger partial charge in [0, 0.05) is 44.0 Å². The molecule has 1 aromatic rings. The number of piperazine rings is 1. The predicted molar refractivity (Wildman–Crippen MR) is 78.2 cm³/mol. The Kier molecular flexibility index (Phi) is 4.41. The summed E-state index contributed by atoms with van der Waals surface area (Å²) in [5, 5.41) is 7.01. The first kappa shape index (κ1) is 14.0. The van der Waals surface area contributed by atoms with Crippen molar-refractivity contribution in [3.8, 4) is 0 Å². The predicted octanol–water partition coefficient (Wildman–Crippen LogP) is 2.31. The van der Waals surface area contributed by atoms with Gasteiger partial charge in [0.1, 0.15) is 0 Å². The number of nitrogens with zero attached hydrogens (tertiary/aromatic N) is 2. The number of thiazole rings is 1. The minimum Gasteiger partial charge on any atom is -0.311 e. The number of aromatic nitrogens is 1. The molecule has 1 aromatic heterocycles. The highest BCUT2D eigenvalue weighted by Gasteiger charge is 2.28. The molecular weight excluding hydrogens is 242 g/mol. The van der Waals surface area contributed by atoms with Gasteiger partial charge in [-0.2, -0.15) is 0 Å². The Morgan fingerprint density at radius 2 is 2.28 bits per heavy atom. The second-order valence-electron chi connectivity index (χ2n) is 6.28. The molecule has 1 aliphatic rings. The second kappa shape index (κ2) is 5.68. The van der Waals surface area contributed by atoms with E-state index in [-0.39, 0.29) is 0 Å². The van der Waals surface area contributed by atoms with Gasteiger partial charge >= 0.3 is 0 Å². The SMILES string of the molecule is Cc1nc(CCN2CCNC(C(C)(C)C)C2)cs1. The summed E-state index contributed by atoms with van der Waals surface area (Å²) in [4.78, 5) is 7.11. The van der Waals surface area contributed by atoms with Crippen molar-refractivity contribution in [2.45, 2.75) is 40.2 Å². The van der Waals surface area contributed by atoms with Gasteiger partial charge in [0.05, 0.1) is 10.7 Å². The van der Waals surface area contributed by atoms with Crippen LogP contribution in [0.25, 0.3) is 0 Å². The van der Waals surface area contributed by atoms with Crippen molar-refractivity contribution < 1.29 is 0 Å². The molecule has 2 heterocycles. The van der Waals surface area contributed by atoms with Gasteiger partial charge < -0.3 is 10.2 Å². The minimum atomic E-state index is 0.343. The lowest BCUT2D eigenvalue weighted by molar-refractivity contribution is 0.135. The summed E-state index contributed by atoms with van der Waals surface area (Å²) in [7, 11) is 0. The highest BCUT2D eigenvalue weighted by Crippen LogP contribution is 2.21. The van der Waals surface area contributed by atoms with Gasteiger partial charge in [-0.25, -0.2) is 4.98 Å². The maximum absolute atomic E-state index is 4.54. The monoisotopic (exact) mass is 267 g/mol. The minimum absolute atomic E-state index is 0.343. The molecule has 1 N–H and O–H groups in total. The summed E-state index contributed by atoms with van der Waals surface area (Å²) in [5.41, 5.74) is 1.60. The zero-order valence-corrected chi connectivity index (χ0v) is 12.8. The number of nitrogens with one attached hydrogen (secondary N) is 1. The number of rotatable bonds is 3. The first-order chi connectivity index (χ1) is 8.45. The summed E-state index contributed by atoms with van der Waals surface area (Å²) in [6, 6.07) is 0.600. The summed E-state index contributed by atoms with van der Waals surface area (Å²) >= 11 is 1.75. The van der Waals surface area contributed by atoms with Crippen molar-refractivity contribution >= 4 is 11.3 Å². The van der Waals surface area contributed by atoms with Crippen molar-refractivity contribution in [1.29, 1.82) is 0 Å².